The lowest BCUT2D eigenvalue weighted by atomic mass is 10.2. The van der Waals surface area contributed by atoms with Gasteiger partial charge in [0, 0.05) is 39.8 Å². The van der Waals surface area contributed by atoms with Crippen molar-refractivity contribution >= 4 is 49.3 Å². The fourth-order valence-electron chi connectivity index (χ4n) is 2.25. The van der Waals surface area contributed by atoms with Crippen molar-refractivity contribution in [2.45, 2.75) is 10.6 Å². The maximum atomic E-state index is 11.8. The molecular weight excluding hydrogens is 388 g/mol. The van der Waals surface area contributed by atoms with Gasteiger partial charge in [0.05, 0.1) is 4.92 Å². The lowest BCUT2D eigenvalue weighted by molar-refractivity contribution is -0.386. The molecule has 0 bridgehead atoms. The Morgan fingerprint density at radius 2 is 1.96 bits per heavy atom. The van der Waals surface area contributed by atoms with Gasteiger partial charge in [-0.2, -0.15) is 0 Å². The number of sulfone groups is 1. The van der Waals surface area contributed by atoms with E-state index >= 15 is 0 Å². The van der Waals surface area contributed by atoms with Crippen LogP contribution in [0.4, 0.5) is 17.1 Å². The molecule has 0 saturated carbocycles. The van der Waals surface area contributed by atoms with Gasteiger partial charge >= 0.3 is 5.69 Å². The molecule has 2 rings (SSSR count). The van der Waals surface area contributed by atoms with Crippen molar-refractivity contribution in [3.8, 4) is 0 Å². The highest BCUT2D eigenvalue weighted by Gasteiger charge is 2.26. The highest BCUT2D eigenvalue weighted by Crippen LogP contribution is 2.34. The summed E-state index contributed by atoms with van der Waals surface area (Å²) in [5.74, 6) is 0.236. The normalized spacial score (nSPS) is 12.6. The first-order valence-electron chi connectivity index (χ1n) is 6.92. The molecule has 0 fully saturated rings. The third-order valence-electron chi connectivity index (χ3n) is 3.26. The first-order valence-corrected chi connectivity index (χ1v) is 10.9. The van der Waals surface area contributed by atoms with Crippen LogP contribution in [0.25, 0.3) is 0 Å². The standard InChI is InChI=1S/C15H15ClN2O5S2/c1-24(21)9-10-8-11(6-7-12(10)16)17-13-4-3-5-14(25(2,22)23)15(13)18(19)20/h3-8,17H,9H2,1-2H3. The van der Waals surface area contributed by atoms with Gasteiger partial charge in [-0.3, -0.25) is 14.3 Å². The van der Waals surface area contributed by atoms with Crippen LogP contribution in [-0.2, 0) is 26.4 Å². The van der Waals surface area contributed by atoms with E-state index in [1.807, 2.05) is 0 Å². The van der Waals surface area contributed by atoms with Crippen molar-refractivity contribution in [2.24, 2.45) is 0 Å². The van der Waals surface area contributed by atoms with Gasteiger partial charge in [-0.15, -0.1) is 0 Å². The summed E-state index contributed by atoms with van der Waals surface area (Å²) in [6.45, 7) is 0. The molecule has 0 heterocycles. The summed E-state index contributed by atoms with van der Waals surface area (Å²) in [5.41, 5.74) is 0.604. The summed E-state index contributed by atoms with van der Waals surface area (Å²) in [4.78, 5) is 10.3. The zero-order valence-electron chi connectivity index (χ0n) is 13.4. The molecule has 0 aromatic heterocycles. The minimum Gasteiger partial charge on any atom is -0.350 e. The molecule has 0 spiro atoms. The Bertz CT molecular complexity index is 960. The van der Waals surface area contributed by atoms with Gasteiger partial charge in [0.15, 0.2) is 9.84 Å². The van der Waals surface area contributed by atoms with Crippen molar-refractivity contribution in [2.75, 3.05) is 17.8 Å². The predicted molar refractivity (Wildman–Crippen MR) is 98.7 cm³/mol. The van der Waals surface area contributed by atoms with Gasteiger partial charge in [-0.1, -0.05) is 17.7 Å². The van der Waals surface area contributed by atoms with Gasteiger partial charge < -0.3 is 5.32 Å². The smallest absolute Gasteiger partial charge is 0.311 e. The van der Waals surface area contributed by atoms with E-state index in [9.17, 15) is 22.7 Å². The Morgan fingerprint density at radius 1 is 1.28 bits per heavy atom. The number of rotatable bonds is 6. The number of halogens is 1. The Hall–Kier alpha value is -1.97. The van der Waals surface area contributed by atoms with Crippen molar-refractivity contribution in [3.63, 3.8) is 0 Å². The Kier molecular flexibility index (Phi) is 5.81. The summed E-state index contributed by atoms with van der Waals surface area (Å²) < 4.78 is 35.0. The molecule has 2 aromatic rings. The van der Waals surface area contributed by atoms with Gasteiger partial charge in [-0.25, -0.2) is 8.42 Å². The van der Waals surface area contributed by atoms with E-state index in [-0.39, 0.29) is 16.3 Å². The number of anilines is 2. The fraction of sp³-hybridized carbons (Fsp3) is 0.200. The summed E-state index contributed by atoms with van der Waals surface area (Å²) in [6, 6.07) is 8.83. The molecule has 0 saturated heterocycles. The second-order valence-corrected chi connectivity index (χ2v) is 9.16. The lowest BCUT2D eigenvalue weighted by Crippen LogP contribution is -2.06. The third-order valence-corrected chi connectivity index (χ3v) is 5.48. The SMILES string of the molecule is CS(=O)Cc1cc(Nc2cccc(S(C)(=O)=O)c2[N+](=O)[O-])ccc1Cl. The van der Waals surface area contributed by atoms with E-state index in [0.29, 0.717) is 16.3 Å². The van der Waals surface area contributed by atoms with E-state index in [1.54, 1.807) is 18.2 Å². The molecule has 134 valence electrons. The zero-order valence-corrected chi connectivity index (χ0v) is 15.7. The molecule has 2 aromatic carbocycles. The van der Waals surface area contributed by atoms with Crippen LogP contribution in [0.3, 0.4) is 0 Å². The number of nitro benzene ring substituents is 1. The topological polar surface area (TPSA) is 106 Å². The molecule has 0 radical (unpaired) electrons. The number of hydrogen-bond donors (Lipinski definition) is 1. The highest BCUT2D eigenvalue weighted by molar-refractivity contribution is 7.90. The molecule has 0 aliphatic carbocycles. The molecule has 0 amide bonds. The molecule has 1 unspecified atom stereocenters. The largest absolute Gasteiger partial charge is 0.350 e. The van der Waals surface area contributed by atoms with E-state index in [0.717, 1.165) is 6.26 Å². The molecule has 0 aliphatic heterocycles. The van der Waals surface area contributed by atoms with Crippen LogP contribution in [0.5, 0.6) is 0 Å². The van der Waals surface area contributed by atoms with Gasteiger partial charge in [-0.05, 0) is 35.9 Å². The number of benzene rings is 2. The highest BCUT2D eigenvalue weighted by atomic mass is 35.5. The maximum absolute atomic E-state index is 11.8. The molecule has 10 heteroatoms. The van der Waals surface area contributed by atoms with E-state index < -0.39 is 31.2 Å². The number of hydrogen-bond acceptors (Lipinski definition) is 6. The van der Waals surface area contributed by atoms with E-state index in [4.69, 9.17) is 11.6 Å². The van der Waals surface area contributed by atoms with Crippen LogP contribution in [0.2, 0.25) is 5.02 Å². The average molecular weight is 403 g/mol. The monoisotopic (exact) mass is 402 g/mol. The second-order valence-electron chi connectivity index (χ2n) is 5.33. The molecule has 7 nitrogen and oxygen atoms in total. The van der Waals surface area contributed by atoms with Crippen LogP contribution in [0.15, 0.2) is 41.3 Å². The molecule has 25 heavy (non-hydrogen) atoms. The minimum atomic E-state index is -3.77. The first-order chi connectivity index (χ1) is 11.6. The Morgan fingerprint density at radius 3 is 2.52 bits per heavy atom. The molecular formula is C15H15ClN2O5S2. The average Bonchev–Trinajstić information content (AvgIpc) is 2.48. The van der Waals surface area contributed by atoms with Gasteiger partial charge in [0.2, 0.25) is 0 Å². The predicted octanol–water partition coefficient (Wildman–Crippen LogP) is 3.27. The first kappa shape index (κ1) is 19.4. The number of para-hydroxylation sites is 1. The summed E-state index contributed by atoms with van der Waals surface area (Å²) >= 11 is 6.06. The number of nitrogens with zero attached hydrogens (tertiary/aromatic N) is 1. The number of nitrogens with one attached hydrogen (secondary N) is 1. The fourth-order valence-corrected chi connectivity index (χ4v) is 4.05. The molecule has 1 N–H and O–H groups in total. The second kappa shape index (κ2) is 7.51. The van der Waals surface area contributed by atoms with Gasteiger partial charge in [0.25, 0.3) is 0 Å². The lowest BCUT2D eigenvalue weighted by Gasteiger charge is -2.11. The van der Waals surface area contributed by atoms with Crippen LogP contribution in [0, 0.1) is 10.1 Å². The van der Waals surface area contributed by atoms with Crippen molar-refractivity contribution in [3.05, 3.63) is 57.1 Å². The summed E-state index contributed by atoms with van der Waals surface area (Å²) in [6.07, 6.45) is 2.45. The van der Waals surface area contributed by atoms with E-state index in [2.05, 4.69) is 5.32 Å². The van der Waals surface area contributed by atoms with Crippen molar-refractivity contribution in [1.29, 1.82) is 0 Å². The summed E-state index contributed by atoms with van der Waals surface area (Å²) in [7, 11) is -4.88. The van der Waals surface area contributed by atoms with Crippen LogP contribution in [-0.4, -0.2) is 30.1 Å². The minimum absolute atomic E-state index is 0.0406. The summed E-state index contributed by atoms with van der Waals surface area (Å²) in [5, 5.41) is 14.7. The van der Waals surface area contributed by atoms with Crippen molar-refractivity contribution in [1.82, 2.24) is 0 Å². The van der Waals surface area contributed by atoms with Gasteiger partial charge in [0.1, 0.15) is 10.6 Å². The van der Waals surface area contributed by atoms with Crippen LogP contribution < -0.4 is 5.32 Å². The quantitative estimate of drug-likeness (QED) is 0.587. The third kappa shape index (κ3) is 4.77. The maximum Gasteiger partial charge on any atom is 0.311 e. The Balaban J connectivity index is 2.51. The van der Waals surface area contributed by atoms with E-state index in [1.165, 1.54) is 24.5 Å². The molecule has 0 aliphatic rings. The zero-order chi connectivity index (χ0) is 18.8. The number of nitro groups is 1. The Labute approximate surface area is 152 Å². The molecule has 1 atom stereocenters. The van der Waals surface area contributed by atoms with Crippen LogP contribution in [0.1, 0.15) is 5.56 Å². The van der Waals surface area contributed by atoms with Crippen molar-refractivity contribution < 1.29 is 17.6 Å². The van der Waals surface area contributed by atoms with Crippen LogP contribution >= 0.6 is 11.6 Å².